The van der Waals surface area contributed by atoms with E-state index in [2.05, 4.69) is 43.4 Å². The van der Waals surface area contributed by atoms with Crippen LogP contribution in [0.2, 0.25) is 0 Å². The number of thiophene rings is 1. The van der Waals surface area contributed by atoms with E-state index in [9.17, 15) is 4.79 Å². The second-order valence-electron chi connectivity index (χ2n) is 7.51. The second-order valence-corrected chi connectivity index (χ2v) is 10.1. The Morgan fingerprint density at radius 3 is 2.79 bits per heavy atom. The number of carbonyl (C=O) groups excluding carboxylic acids is 1. The summed E-state index contributed by atoms with van der Waals surface area (Å²) in [5.74, 6) is 1.35. The van der Waals surface area contributed by atoms with Crippen molar-refractivity contribution < 1.29 is 4.79 Å². The van der Waals surface area contributed by atoms with Crippen LogP contribution in [0.5, 0.6) is 0 Å². The number of rotatable bonds is 10. The second kappa shape index (κ2) is 10.1. The fraction of sp³-hybridized carbons (Fsp3) is 0.500. The Morgan fingerprint density at radius 1 is 1.28 bits per heavy atom. The van der Waals surface area contributed by atoms with E-state index in [1.807, 2.05) is 22.2 Å². The first kappa shape index (κ1) is 21.6. The SMILES string of the molecule is CC(C)CNc1nc(SC(C)C)nc2c1cnn2CCNC(=O)Cc1cccs1. The van der Waals surface area contributed by atoms with Gasteiger partial charge in [0.1, 0.15) is 5.82 Å². The number of hydrogen-bond acceptors (Lipinski definition) is 7. The molecule has 1 amide bonds. The summed E-state index contributed by atoms with van der Waals surface area (Å²) in [5, 5.41) is 14.9. The highest BCUT2D eigenvalue weighted by Crippen LogP contribution is 2.26. The topological polar surface area (TPSA) is 84.7 Å². The van der Waals surface area contributed by atoms with E-state index in [0.29, 0.717) is 30.7 Å². The van der Waals surface area contributed by atoms with E-state index >= 15 is 0 Å². The van der Waals surface area contributed by atoms with Crippen molar-refractivity contribution in [1.82, 2.24) is 25.1 Å². The van der Waals surface area contributed by atoms with Gasteiger partial charge in [0.2, 0.25) is 5.91 Å². The molecule has 0 aromatic carbocycles. The van der Waals surface area contributed by atoms with Crippen LogP contribution in [0, 0.1) is 5.92 Å². The van der Waals surface area contributed by atoms with Gasteiger partial charge in [-0.3, -0.25) is 4.79 Å². The van der Waals surface area contributed by atoms with Crippen molar-refractivity contribution in [1.29, 1.82) is 0 Å². The molecular formula is C20H28N6OS2. The summed E-state index contributed by atoms with van der Waals surface area (Å²) in [4.78, 5) is 22.6. The molecule has 0 saturated carbocycles. The van der Waals surface area contributed by atoms with Gasteiger partial charge in [0.15, 0.2) is 10.8 Å². The Balaban J connectivity index is 1.71. The van der Waals surface area contributed by atoms with Crippen LogP contribution in [0.4, 0.5) is 5.82 Å². The lowest BCUT2D eigenvalue weighted by atomic mass is 10.2. The van der Waals surface area contributed by atoms with Crippen LogP contribution in [0.25, 0.3) is 11.0 Å². The number of thioether (sulfide) groups is 1. The minimum atomic E-state index is 0.0221. The first-order chi connectivity index (χ1) is 13.9. The fourth-order valence-electron chi connectivity index (χ4n) is 2.73. The average Bonchev–Trinajstić information content (AvgIpc) is 3.29. The number of anilines is 1. The maximum absolute atomic E-state index is 12.1. The minimum Gasteiger partial charge on any atom is -0.369 e. The number of amides is 1. The van der Waals surface area contributed by atoms with Crippen LogP contribution < -0.4 is 10.6 Å². The summed E-state index contributed by atoms with van der Waals surface area (Å²) in [7, 11) is 0. The van der Waals surface area contributed by atoms with Crippen molar-refractivity contribution in [3.63, 3.8) is 0 Å². The molecule has 0 unspecified atom stereocenters. The molecule has 29 heavy (non-hydrogen) atoms. The van der Waals surface area contributed by atoms with Gasteiger partial charge in [-0.2, -0.15) is 5.10 Å². The first-order valence-corrected chi connectivity index (χ1v) is 11.6. The van der Waals surface area contributed by atoms with Gasteiger partial charge in [0.05, 0.1) is 24.5 Å². The molecule has 0 aliphatic carbocycles. The molecule has 0 aliphatic rings. The van der Waals surface area contributed by atoms with Crippen molar-refractivity contribution in [2.24, 2.45) is 5.92 Å². The van der Waals surface area contributed by atoms with E-state index in [1.165, 1.54) is 0 Å². The predicted octanol–water partition coefficient (Wildman–Crippen LogP) is 3.82. The molecule has 3 heterocycles. The lowest BCUT2D eigenvalue weighted by molar-refractivity contribution is -0.120. The number of nitrogens with one attached hydrogen (secondary N) is 2. The Labute approximate surface area is 179 Å². The summed E-state index contributed by atoms with van der Waals surface area (Å²) < 4.78 is 1.84. The number of carbonyl (C=O) groups is 1. The third-order valence-corrected chi connectivity index (χ3v) is 5.80. The van der Waals surface area contributed by atoms with Gasteiger partial charge in [0, 0.05) is 23.2 Å². The molecule has 9 heteroatoms. The Kier molecular flexibility index (Phi) is 7.49. The summed E-state index contributed by atoms with van der Waals surface area (Å²) >= 11 is 3.23. The first-order valence-electron chi connectivity index (χ1n) is 9.85. The van der Waals surface area contributed by atoms with Gasteiger partial charge < -0.3 is 10.6 Å². The largest absolute Gasteiger partial charge is 0.369 e. The van der Waals surface area contributed by atoms with Crippen LogP contribution >= 0.6 is 23.1 Å². The zero-order valence-electron chi connectivity index (χ0n) is 17.3. The summed E-state index contributed by atoms with van der Waals surface area (Å²) in [6, 6.07) is 3.93. The molecule has 3 aromatic rings. The van der Waals surface area contributed by atoms with E-state index in [0.717, 1.165) is 33.4 Å². The molecule has 3 rings (SSSR count). The van der Waals surface area contributed by atoms with Crippen LogP contribution in [0.15, 0.2) is 28.9 Å². The van der Waals surface area contributed by atoms with Crippen molar-refractivity contribution in [2.45, 2.75) is 51.1 Å². The van der Waals surface area contributed by atoms with Gasteiger partial charge in [-0.25, -0.2) is 14.6 Å². The van der Waals surface area contributed by atoms with Crippen LogP contribution in [0.1, 0.15) is 32.6 Å². The van der Waals surface area contributed by atoms with Crippen LogP contribution in [-0.4, -0.2) is 44.0 Å². The molecule has 0 bridgehead atoms. The molecule has 0 spiro atoms. The molecule has 0 saturated heterocycles. The van der Waals surface area contributed by atoms with Crippen molar-refractivity contribution in [3.8, 4) is 0 Å². The van der Waals surface area contributed by atoms with E-state index in [1.54, 1.807) is 29.3 Å². The molecule has 2 N–H and O–H groups in total. The summed E-state index contributed by atoms with van der Waals surface area (Å²) in [6.45, 7) is 10.5. The number of fused-ring (bicyclic) bond motifs is 1. The maximum atomic E-state index is 12.1. The normalized spacial score (nSPS) is 11.5. The van der Waals surface area contributed by atoms with Crippen molar-refractivity contribution in [3.05, 3.63) is 28.6 Å². The minimum absolute atomic E-state index is 0.0221. The Bertz CT molecular complexity index is 936. The van der Waals surface area contributed by atoms with Gasteiger partial charge in [-0.05, 0) is 17.4 Å². The predicted molar refractivity (Wildman–Crippen MR) is 121 cm³/mol. The standard InChI is InChI=1S/C20H28N6OS2/c1-13(2)11-22-18-16-12-23-26(19(16)25-20(24-18)29-14(3)4)8-7-21-17(27)10-15-6-5-9-28-15/h5-6,9,12-14H,7-8,10-11H2,1-4H3,(H,21,27)(H,22,24,25). The van der Waals surface area contributed by atoms with Gasteiger partial charge in [0.25, 0.3) is 0 Å². The van der Waals surface area contributed by atoms with Gasteiger partial charge >= 0.3 is 0 Å². The number of nitrogens with zero attached hydrogens (tertiary/aromatic N) is 4. The average molecular weight is 433 g/mol. The lowest BCUT2D eigenvalue weighted by Gasteiger charge is -2.12. The zero-order valence-corrected chi connectivity index (χ0v) is 18.9. The number of aromatic nitrogens is 4. The molecule has 156 valence electrons. The highest BCUT2D eigenvalue weighted by Gasteiger charge is 2.15. The van der Waals surface area contributed by atoms with E-state index in [4.69, 9.17) is 9.97 Å². The fourth-order valence-corrected chi connectivity index (χ4v) is 4.14. The Morgan fingerprint density at radius 2 is 2.10 bits per heavy atom. The molecule has 0 radical (unpaired) electrons. The Hall–Kier alpha value is -2.13. The smallest absolute Gasteiger partial charge is 0.225 e. The quantitative estimate of drug-likeness (QED) is 0.374. The molecular weight excluding hydrogens is 404 g/mol. The van der Waals surface area contributed by atoms with Gasteiger partial charge in [-0.15, -0.1) is 11.3 Å². The molecule has 0 atom stereocenters. The summed E-state index contributed by atoms with van der Waals surface area (Å²) in [5.41, 5.74) is 0.793. The van der Waals surface area contributed by atoms with Crippen LogP contribution in [-0.2, 0) is 17.8 Å². The molecule has 0 fully saturated rings. The third kappa shape index (κ3) is 6.17. The van der Waals surface area contributed by atoms with Crippen LogP contribution in [0.3, 0.4) is 0 Å². The van der Waals surface area contributed by atoms with Crippen molar-refractivity contribution >= 4 is 45.9 Å². The van der Waals surface area contributed by atoms with Gasteiger partial charge in [-0.1, -0.05) is 45.5 Å². The lowest BCUT2D eigenvalue weighted by Crippen LogP contribution is -2.28. The van der Waals surface area contributed by atoms with E-state index in [-0.39, 0.29) is 5.91 Å². The monoisotopic (exact) mass is 432 g/mol. The molecule has 0 aliphatic heterocycles. The highest BCUT2D eigenvalue weighted by atomic mass is 32.2. The van der Waals surface area contributed by atoms with E-state index < -0.39 is 0 Å². The highest BCUT2D eigenvalue weighted by molar-refractivity contribution is 7.99. The number of hydrogen-bond donors (Lipinski definition) is 2. The van der Waals surface area contributed by atoms with Crippen molar-refractivity contribution in [2.75, 3.05) is 18.4 Å². The summed E-state index contributed by atoms with van der Waals surface area (Å²) in [6.07, 6.45) is 2.22. The molecule has 7 nitrogen and oxygen atoms in total. The molecule has 3 aromatic heterocycles. The third-order valence-electron chi connectivity index (χ3n) is 4.06. The zero-order chi connectivity index (χ0) is 20.8. The maximum Gasteiger partial charge on any atom is 0.225 e.